The molecule has 1 aliphatic rings. The Morgan fingerprint density at radius 2 is 1.56 bits per heavy atom. The lowest BCUT2D eigenvalue weighted by Gasteiger charge is -2.15. The van der Waals surface area contributed by atoms with E-state index in [1.54, 1.807) is 36.4 Å². The molecule has 25 heavy (non-hydrogen) atoms. The first-order valence-corrected chi connectivity index (χ1v) is 8.09. The highest BCUT2D eigenvalue weighted by Gasteiger charge is 2.33. The zero-order chi connectivity index (χ0) is 17.8. The molecule has 0 bridgehead atoms. The highest BCUT2D eigenvalue weighted by molar-refractivity contribution is 6.21. The van der Waals surface area contributed by atoms with E-state index in [9.17, 15) is 14.0 Å². The van der Waals surface area contributed by atoms with Gasteiger partial charge in [-0.3, -0.25) is 19.4 Å². The number of hydrogen-bond donors (Lipinski definition) is 0. The van der Waals surface area contributed by atoms with E-state index in [0.717, 1.165) is 5.56 Å². The smallest absolute Gasteiger partial charge is 0.261 e. The van der Waals surface area contributed by atoms with Gasteiger partial charge in [-0.2, -0.15) is 0 Å². The van der Waals surface area contributed by atoms with Crippen LogP contribution in [-0.4, -0.2) is 41.8 Å². The van der Waals surface area contributed by atoms with E-state index < -0.39 is 0 Å². The van der Waals surface area contributed by atoms with Gasteiger partial charge in [0.2, 0.25) is 0 Å². The Kier molecular flexibility index (Phi) is 5.05. The standard InChI is InChI=1S/C20H19FN2O2/c1-22(14-15-8-10-16(21)11-9-15)12-4-5-13-23-19(24)17-6-2-3-7-18(17)20(23)25/h2-11H,12-14H2,1H3. The van der Waals surface area contributed by atoms with Gasteiger partial charge >= 0.3 is 0 Å². The number of likely N-dealkylation sites (N-methyl/N-ethyl adjacent to an activating group) is 1. The monoisotopic (exact) mass is 338 g/mol. The lowest BCUT2D eigenvalue weighted by Crippen LogP contribution is -2.29. The molecule has 0 saturated heterocycles. The summed E-state index contributed by atoms with van der Waals surface area (Å²) in [5.41, 5.74) is 1.96. The molecule has 4 nitrogen and oxygen atoms in total. The maximum atomic E-state index is 12.9. The second-order valence-corrected chi connectivity index (χ2v) is 6.06. The molecular weight excluding hydrogens is 319 g/mol. The molecule has 5 heteroatoms. The van der Waals surface area contributed by atoms with Crippen molar-refractivity contribution in [1.29, 1.82) is 0 Å². The van der Waals surface area contributed by atoms with Crippen molar-refractivity contribution < 1.29 is 14.0 Å². The minimum absolute atomic E-state index is 0.243. The molecule has 2 aromatic rings. The molecule has 2 amide bonds. The van der Waals surface area contributed by atoms with Crippen LogP contribution in [0.5, 0.6) is 0 Å². The lowest BCUT2D eigenvalue weighted by atomic mass is 10.1. The van der Waals surface area contributed by atoms with E-state index >= 15 is 0 Å². The van der Waals surface area contributed by atoms with Crippen LogP contribution in [0.2, 0.25) is 0 Å². The van der Waals surface area contributed by atoms with Crippen LogP contribution in [0.15, 0.2) is 60.7 Å². The molecule has 0 spiro atoms. The lowest BCUT2D eigenvalue weighted by molar-refractivity contribution is 0.0672. The van der Waals surface area contributed by atoms with Gasteiger partial charge in [0.05, 0.1) is 11.1 Å². The van der Waals surface area contributed by atoms with E-state index in [1.165, 1.54) is 17.0 Å². The number of carbonyl (C=O) groups excluding carboxylic acids is 2. The van der Waals surface area contributed by atoms with E-state index in [1.807, 2.05) is 19.2 Å². The molecule has 0 saturated carbocycles. The molecule has 2 aromatic carbocycles. The van der Waals surface area contributed by atoms with Crippen molar-refractivity contribution in [1.82, 2.24) is 9.80 Å². The van der Waals surface area contributed by atoms with Crippen molar-refractivity contribution in [3.63, 3.8) is 0 Å². The van der Waals surface area contributed by atoms with Crippen LogP contribution in [0.3, 0.4) is 0 Å². The van der Waals surface area contributed by atoms with Crippen LogP contribution in [-0.2, 0) is 6.54 Å². The van der Waals surface area contributed by atoms with Gasteiger partial charge in [-0.1, -0.05) is 36.4 Å². The summed E-state index contributed by atoms with van der Waals surface area (Å²) in [5.74, 6) is -0.734. The predicted octanol–water partition coefficient (Wildman–Crippen LogP) is 3.11. The second kappa shape index (κ2) is 7.40. The Morgan fingerprint density at radius 3 is 2.16 bits per heavy atom. The molecule has 0 N–H and O–H groups in total. The minimum atomic E-state index is -0.245. The van der Waals surface area contributed by atoms with Crippen molar-refractivity contribution in [2.24, 2.45) is 0 Å². The predicted molar refractivity (Wildman–Crippen MR) is 93.7 cm³/mol. The average molecular weight is 338 g/mol. The number of carbonyl (C=O) groups is 2. The molecule has 128 valence electrons. The van der Waals surface area contributed by atoms with Crippen LogP contribution in [0.25, 0.3) is 0 Å². The largest absolute Gasteiger partial charge is 0.298 e. The van der Waals surface area contributed by atoms with Crippen LogP contribution >= 0.6 is 0 Å². The number of halogens is 1. The third kappa shape index (κ3) is 3.83. The third-order valence-electron chi connectivity index (χ3n) is 4.12. The van der Waals surface area contributed by atoms with Gasteiger partial charge in [0.25, 0.3) is 11.8 Å². The fourth-order valence-electron chi connectivity index (χ4n) is 2.81. The summed E-state index contributed by atoms with van der Waals surface area (Å²) in [4.78, 5) is 27.8. The maximum absolute atomic E-state index is 12.9. The summed E-state index contributed by atoms with van der Waals surface area (Å²) in [5, 5.41) is 0. The summed E-state index contributed by atoms with van der Waals surface area (Å²) >= 11 is 0. The topological polar surface area (TPSA) is 40.6 Å². The fourth-order valence-corrected chi connectivity index (χ4v) is 2.81. The second-order valence-electron chi connectivity index (χ2n) is 6.06. The Labute approximate surface area is 146 Å². The van der Waals surface area contributed by atoms with Gasteiger partial charge in [-0.25, -0.2) is 4.39 Å². The molecule has 1 aliphatic heterocycles. The zero-order valence-corrected chi connectivity index (χ0v) is 14.0. The van der Waals surface area contributed by atoms with E-state index in [4.69, 9.17) is 0 Å². The summed E-state index contributed by atoms with van der Waals surface area (Å²) in [6.07, 6.45) is 3.75. The van der Waals surface area contributed by atoms with Crippen molar-refractivity contribution in [2.45, 2.75) is 6.54 Å². The first kappa shape index (κ1) is 17.0. The molecule has 0 fully saturated rings. The van der Waals surface area contributed by atoms with Gasteiger partial charge in [0.15, 0.2) is 0 Å². The van der Waals surface area contributed by atoms with E-state index in [-0.39, 0.29) is 24.2 Å². The van der Waals surface area contributed by atoms with Crippen LogP contribution in [0.4, 0.5) is 4.39 Å². The molecular formula is C20H19FN2O2. The number of fused-ring (bicyclic) bond motifs is 1. The fraction of sp³-hybridized carbons (Fsp3) is 0.200. The minimum Gasteiger partial charge on any atom is -0.298 e. The summed E-state index contributed by atoms with van der Waals surface area (Å²) in [6, 6.07) is 13.3. The molecule has 0 aromatic heterocycles. The Balaban J connectivity index is 1.51. The molecule has 0 unspecified atom stereocenters. The molecule has 0 radical (unpaired) electrons. The number of amides is 2. The zero-order valence-electron chi connectivity index (χ0n) is 14.0. The van der Waals surface area contributed by atoms with E-state index in [2.05, 4.69) is 4.90 Å². The highest BCUT2D eigenvalue weighted by atomic mass is 19.1. The number of benzene rings is 2. The van der Waals surface area contributed by atoms with Gasteiger partial charge in [-0.05, 0) is 36.9 Å². The Bertz CT molecular complexity index is 780. The quantitative estimate of drug-likeness (QED) is 0.600. The first-order valence-electron chi connectivity index (χ1n) is 8.09. The number of rotatable bonds is 6. The molecule has 1 heterocycles. The number of nitrogens with zero attached hydrogens (tertiary/aromatic N) is 2. The van der Waals surface area contributed by atoms with Gasteiger partial charge in [0.1, 0.15) is 5.82 Å². The molecule has 3 rings (SSSR count). The van der Waals surface area contributed by atoms with Crippen molar-refractivity contribution >= 4 is 11.8 Å². The highest BCUT2D eigenvalue weighted by Crippen LogP contribution is 2.22. The Morgan fingerprint density at radius 1 is 0.960 bits per heavy atom. The SMILES string of the molecule is CN(CC=CCN1C(=O)c2ccccc2C1=O)Cc1ccc(F)cc1. The summed E-state index contributed by atoms with van der Waals surface area (Å²) < 4.78 is 12.9. The van der Waals surface area contributed by atoms with Crippen molar-refractivity contribution in [3.05, 3.63) is 83.2 Å². The van der Waals surface area contributed by atoms with Crippen LogP contribution < -0.4 is 0 Å². The number of imide groups is 1. The van der Waals surface area contributed by atoms with Crippen molar-refractivity contribution in [2.75, 3.05) is 20.1 Å². The molecule has 0 aliphatic carbocycles. The maximum Gasteiger partial charge on any atom is 0.261 e. The number of hydrogen-bond acceptors (Lipinski definition) is 3. The van der Waals surface area contributed by atoms with E-state index in [0.29, 0.717) is 24.2 Å². The first-order chi connectivity index (χ1) is 12.1. The van der Waals surface area contributed by atoms with Gasteiger partial charge in [0, 0.05) is 19.6 Å². The third-order valence-corrected chi connectivity index (χ3v) is 4.12. The van der Waals surface area contributed by atoms with Crippen molar-refractivity contribution in [3.8, 4) is 0 Å². The van der Waals surface area contributed by atoms with Gasteiger partial charge in [-0.15, -0.1) is 0 Å². The Hall–Kier alpha value is -2.79. The average Bonchev–Trinajstić information content (AvgIpc) is 2.86. The van der Waals surface area contributed by atoms with Gasteiger partial charge < -0.3 is 0 Å². The molecule has 0 atom stereocenters. The summed E-state index contributed by atoms with van der Waals surface area (Å²) in [6.45, 7) is 1.62. The normalized spacial score (nSPS) is 14.0. The van der Waals surface area contributed by atoms with Crippen LogP contribution in [0, 0.1) is 5.82 Å². The van der Waals surface area contributed by atoms with Crippen LogP contribution in [0.1, 0.15) is 26.3 Å². The summed E-state index contributed by atoms with van der Waals surface area (Å²) in [7, 11) is 1.95.